The number of benzene rings is 1. The third kappa shape index (κ3) is 2.73. The van der Waals surface area contributed by atoms with Crippen LogP contribution in [0, 0.1) is 0 Å². The second-order valence-electron chi connectivity index (χ2n) is 5.75. The maximum atomic E-state index is 11.7. The van der Waals surface area contributed by atoms with Gasteiger partial charge in [-0.3, -0.25) is 0 Å². The molecule has 0 radical (unpaired) electrons. The number of carbonyl (C=O) groups is 1. The maximum Gasteiger partial charge on any atom is 0.326 e. The summed E-state index contributed by atoms with van der Waals surface area (Å²) in [6.07, 6.45) is 0.480. The van der Waals surface area contributed by atoms with Crippen LogP contribution >= 0.6 is 24.0 Å². The fourth-order valence-corrected chi connectivity index (χ4v) is 4.39. The molecule has 0 spiro atoms. The Kier molecular flexibility index (Phi) is 4.14. The minimum Gasteiger partial charge on any atom is -0.480 e. The average Bonchev–Trinajstić information content (AvgIpc) is 2.82. The molecular weight excluding hydrogens is 316 g/mol. The Morgan fingerprint density at radius 1 is 1.45 bits per heavy atom. The lowest BCUT2D eigenvalue weighted by Crippen LogP contribution is -2.47. The van der Waals surface area contributed by atoms with E-state index in [0.717, 1.165) is 22.2 Å². The van der Waals surface area contributed by atoms with Crippen LogP contribution in [0.3, 0.4) is 0 Å². The van der Waals surface area contributed by atoms with E-state index in [1.165, 1.54) is 0 Å². The summed E-state index contributed by atoms with van der Waals surface area (Å²) in [5.74, 6) is -0.817. The molecule has 1 aromatic carbocycles. The maximum absolute atomic E-state index is 11.7. The average molecular weight is 334 g/mol. The largest absolute Gasteiger partial charge is 0.480 e. The van der Waals surface area contributed by atoms with Gasteiger partial charge in [-0.2, -0.15) is 0 Å². The highest BCUT2D eigenvalue weighted by atomic mass is 32.2. The molecule has 1 atom stereocenters. The highest BCUT2D eigenvalue weighted by Crippen LogP contribution is 2.32. The van der Waals surface area contributed by atoms with Gasteiger partial charge in [-0.25, -0.2) is 4.79 Å². The zero-order valence-corrected chi connectivity index (χ0v) is 14.1. The molecule has 2 N–H and O–H groups in total. The Labute approximate surface area is 138 Å². The lowest BCUT2D eigenvalue weighted by molar-refractivity contribution is -0.142. The van der Waals surface area contributed by atoms with Crippen molar-refractivity contribution in [3.63, 3.8) is 0 Å². The number of aliphatic carboxylic acids is 1. The van der Waals surface area contributed by atoms with Crippen LogP contribution in [0.5, 0.6) is 0 Å². The first-order valence-corrected chi connectivity index (χ1v) is 8.54. The third-order valence-corrected chi connectivity index (χ3v) is 5.29. The molecule has 1 aliphatic heterocycles. The Hall–Kier alpha value is -1.53. The molecule has 1 aromatic heterocycles. The summed E-state index contributed by atoms with van der Waals surface area (Å²) in [4.78, 5) is 16.9. The number of para-hydroxylation sites is 1. The van der Waals surface area contributed by atoms with E-state index in [1.54, 1.807) is 11.8 Å². The van der Waals surface area contributed by atoms with E-state index in [1.807, 2.05) is 29.2 Å². The predicted octanol–water partition coefficient (Wildman–Crippen LogP) is 3.41. The lowest BCUT2D eigenvalue weighted by atomic mass is 9.97. The molecule has 116 valence electrons. The number of fused-ring (bicyclic) bond motifs is 3. The first-order valence-electron chi connectivity index (χ1n) is 7.26. The third-order valence-electron chi connectivity index (χ3n) is 3.86. The van der Waals surface area contributed by atoms with Crippen LogP contribution in [-0.2, 0) is 17.8 Å². The highest BCUT2D eigenvalue weighted by Gasteiger charge is 2.35. The van der Waals surface area contributed by atoms with Crippen molar-refractivity contribution in [2.24, 2.45) is 0 Å². The second kappa shape index (κ2) is 5.93. The number of H-pyrrole nitrogens is 1. The summed E-state index contributed by atoms with van der Waals surface area (Å²) in [5.41, 5.74) is 3.24. The Morgan fingerprint density at radius 2 is 2.18 bits per heavy atom. The van der Waals surface area contributed by atoms with Crippen molar-refractivity contribution in [1.29, 1.82) is 0 Å². The molecule has 2 aromatic rings. The van der Waals surface area contributed by atoms with Crippen molar-refractivity contribution in [3.8, 4) is 0 Å². The Balaban J connectivity index is 2.00. The van der Waals surface area contributed by atoms with Crippen LogP contribution in [0.15, 0.2) is 24.3 Å². The molecule has 6 heteroatoms. The zero-order chi connectivity index (χ0) is 15.9. The molecule has 4 nitrogen and oxygen atoms in total. The topological polar surface area (TPSA) is 56.3 Å². The van der Waals surface area contributed by atoms with Gasteiger partial charge >= 0.3 is 5.97 Å². The van der Waals surface area contributed by atoms with Crippen molar-refractivity contribution in [2.45, 2.75) is 38.1 Å². The minimum absolute atomic E-state index is 0.339. The quantitative estimate of drug-likeness (QED) is 0.824. The fraction of sp³-hybridized carbons (Fsp3) is 0.375. The Morgan fingerprint density at radius 3 is 2.86 bits per heavy atom. The molecule has 0 saturated carbocycles. The summed E-state index contributed by atoms with van der Waals surface area (Å²) in [6, 6.07) is 7.44. The van der Waals surface area contributed by atoms with Crippen LogP contribution in [0.2, 0.25) is 0 Å². The number of nitrogens with zero attached hydrogens (tertiary/aromatic N) is 1. The minimum atomic E-state index is -0.817. The molecule has 22 heavy (non-hydrogen) atoms. The van der Waals surface area contributed by atoms with Crippen LogP contribution in [0.25, 0.3) is 10.9 Å². The summed E-state index contributed by atoms with van der Waals surface area (Å²) >= 11 is 7.01. The first kappa shape index (κ1) is 15.4. The van der Waals surface area contributed by atoms with Gasteiger partial charge in [-0.15, -0.1) is 0 Å². The van der Waals surface area contributed by atoms with Crippen molar-refractivity contribution < 1.29 is 9.90 Å². The summed E-state index contributed by atoms with van der Waals surface area (Å²) in [6.45, 7) is 4.65. The number of rotatable bonds is 2. The van der Waals surface area contributed by atoms with Gasteiger partial charge < -0.3 is 15.0 Å². The standard InChI is InChI=1S/C16H18N2O2S2/c1-9(2)22-16(21)18-8-13-11(7-14(18)15(19)20)10-5-3-4-6-12(10)17-13/h3-6,9,14,17H,7-8H2,1-2H3,(H,19,20). The number of hydrogen-bond acceptors (Lipinski definition) is 3. The van der Waals surface area contributed by atoms with Gasteiger partial charge in [-0.1, -0.05) is 56.0 Å². The van der Waals surface area contributed by atoms with Crippen LogP contribution in [-0.4, -0.2) is 36.6 Å². The monoisotopic (exact) mass is 334 g/mol. The fourth-order valence-electron chi connectivity index (χ4n) is 2.89. The smallest absolute Gasteiger partial charge is 0.326 e. The second-order valence-corrected chi connectivity index (χ2v) is 7.96. The predicted molar refractivity (Wildman–Crippen MR) is 94.3 cm³/mol. The SMILES string of the molecule is CC(C)SC(=S)N1Cc2[nH]c3ccccc3c2CC1C(=O)O. The van der Waals surface area contributed by atoms with Gasteiger partial charge in [0.15, 0.2) is 0 Å². The van der Waals surface area contributed by atoms with Crippen molar-refractivity contribution >= 4 is 45.2 Å². The van der Waals surface area contributed by atoms with Gasteiger partial charge in [0.1, 0.15) is 10.4 Å². The molecule has 0 amide bonds. The van der Waals surface area contributed by atoms with E-state index in [4.69, 9.17) is 12.2 Å². The molecule has 1 unspecified atom stereocenters. The summed E-state index contributed by atoms with van der Waals surface area (Å²) < 4.78 is 0.659. The number of aromatic amines is 1. The molecule has 0 bridgehead atoms. The van der Waals surface area contributed by atoms with E-state index in [0.29, 0.717) is 22.5 Å². The molecular formula is C16H18N2O2S2. The molecule has 0 fully saturated rings. The molecule has 0 saturated heterocycles. The summed E-state index contributed by atoms with van der Waals surface area (Å²) in [5, 5.41) is 11.1. The molecule has 0 aliphatic carbocycles. The normalized spacial score (nSPS) is 17.8. The van der Waals surface area contributed by atoms with Crippen molar-refractivity contribution in [2.75, 3.05) is 0 Å². The van der Waals surface area contributed by atoms with E-state index in [9.17, 15) is 9.90 Å². The Bertz CT molecular complexity index is 739. The van der Waals surface area contributed by atoms with E-state index in [-0.39, 0.29) is 0 Å². The lowest BCUT2D eigenvalue weighted by Gasteiger charge is -2.35. The first-order chi connectivity index (χ1) is 10.5. The summed E-state index contributed by atoms with van der Waals surface area (Å²) in [7, 11) is 0. The van der Waals surface area contributed by atoms with Crippen LogP contribution in [0.4, 0.5) is 0 Å². The van der Waals surface area contributed by atoms with Crippen molar-refractivity contribution in [3.05, 3.63) is 35.5 Å². The number of carboxylic acid groups (broad SMARTS) is 1. The van der Waals surface area contributed by atoms with E-state index >= 15 is 0 Å². The molecule has 3 rings (SSSR count). The number of aromatic nitrogens is 1. The molecule has 1 aliphatic rings. The number of nitrogens with one attached hydrogen (secondary N) is 1. The van der Waals surface area contributed by atoms with E-state index < -0.39 is 12.0 Å². The number of carboxylic acids is 1. The van der Waals surface area contributed by atoms with Gasteiger partial charge in [0.25, 0.3) is 0 Å². The number of hydrogen-bond donors (Lipinski definition) is 2. The van der Waals surface area contributed by atoms with Gasteiger partial charge in [0.2, 0.25) is 0 Å². The highest BCUT2D eigenvalue weighted by molar-refractivity contribution is 8.23. The molecule has 2 heterocycles. The number of thioether (sulfide) groups is 1. The van der Waals surface area contributed by atoms with Crippen LogP contribution in [0.1, 0.15) is 25.1 Å². The van der Waals surface area contributed by atoms with E-state index in [2.05, 4.69) is 18.8 Å². The van der Waals surface area contributed by atoms with Gasteiger partial charge in [-0.05, 0) is 11.6 Å². The zero-order valence-electron chi connectivity index (χ0n) is 12.5. The van der Waals surface area contributed by atoms with Crippen LogP contribution < -0.4 is 0 Å². The van der Waals surface area contributed by atoms with Gasteiger partial charge in [0.05, 0.1) is 6.54 Å². The van der Waals surface area contributed by atoms with Gasteiger partial charge in [0, 0.05) is 28.3 Å². The van der Waals surface area contributed by atoms with Crippen molar-refractivity contribution in [1.82, 2.24) is 9.88 Å². The number of thiocarbonyl (C=S) groups is 1.